The third-order valence-corrected chi connectivity index (χ3v) is 4.86. The highest BCUT2D eigenvalue weighted by molar-refractivity contribution is 5.98. The van der Waals surface area contributed by atoms with Crippen molar-refractivity contribution >= 4 is 23.5 Å². The lowest BCUT2D eigenvalue weighted by Gasteiger charge is -2.24. The molecule has 0 bridgehead atoms. The molecule has 0 spiro atoms. The zero-order valence-corrected chi connectivity index (χ0v) is 13.0. The number of amides is 2. The first kappa shape index (κ1) is 15.5. The summed E-state index contributed by atoms with van der Waals surface area (Å²) < 4.78 is 0. The molecule has 23 heavy (non-hydrogen) atoms. The normalized spacial score (nSPS) is 26.0. The highest BCUT2D eigenvalue weighted by Crippen LogP contribution is 2.42. The number of benzene rings is 1. The molecule has 1 heterocycles. The van der Waals surface area contributed by atoms with E-state index in [1.54, 1.807) is 24.3 Å². The third kappa shape index (κ3) is 2.93. The number of fused-ring (bicyclic) bond motifs is 1. The second-order valence-corrected chi connectivity index (χ2v) is 6.35. The number of carboxylic acids is 1. The Morgan fingerprint density at radius 3 is 2.48 bits per heavy atom. The van der Waals surface area contributed by atoms with E-state index in [0.29, 0.717) is 23.7 Å². The molecule has 0 aromatic heterocycles. The van der Waals surface area contributed by atoms with E-state index in [4.69, 9.17) is 0 Å². The fourth-order valence-corrected chi connectivity index (χ4v) is 3.90. The first-order valence-electron chi connectivity index (χ1n) is 7.89. The molecule has 0 radical (unpaired) electrons. The summed E-state index contributed by atoms with van der Waals surface area (Å²) >= 11 is 0. The lowest BCUT2D eigenvalue weighted by atomic mass is 9.94. The molecule has 1 aliphatic carbocycles. The predicted octanol–water partition coefficient (Wildman–Crippen LogP) is 1.97. The van der Waals surface area contributed by atoms with Crippen LogP contribution in [0.5, 0.6) is 0 Å². The molecule has 2 amide bonds. The van der Waals surface area contributed by atoms with Gasteiger partial charge in [-0.1, -0.05) is 6.42 Å². The Morgan fingerprint density at radius 2 is 1.87 bits per heavy atom. The molecule has 1 aromatic rings. The number of rotatable bonds is 3. The monoisotopic (exact) mass is 316 g/mol. The SMILES string of the molecule is CC(=O)Nc1ccc(C(=O)N2CC3CCCC3C2C(=O)O)cc1. The van der Waals surface area contributed by atoms with Crippen molar-refractivity contribution in [2.75, 3.05) is 11.9 Å². The average molecular weight is 316 g/mol. The van der Waals surface area contributed by atoms with Gasteiger partial charge in [0.25, 0.3) is 5.91 Å². The highest BCUT2D eigenvalue weighted by Gasteiger charge is 2.49. The average Bonchev–Trinajstić information content (AvgIpc) is 3.06. The lowest BCUT2D eigenvalue weighted by molar-refractivity contribution is -0.142. The van der Waals surface area contributed by atoms with Gasteiger partial charge in [0, 0.05) is 24.7 Å². The van der Waals surface area contributed by atoms with Crippen molar-refractivity contribution < 1.29 is 19.5 Å². The summed E-state index contributed by atoms with van der Waals surface area (Å²) in [5.41, 5.74) is 1.06. The maximum absolute atomic E-state index is 12.7. The van der Waals surface area contributed by atoms with Crippen LogP contribution in [0.1, 0.15) is 36.5 Å². The van der Waals surface area contributed by atoms with E-state index in [2.05, 4.69) is 5.32 Å². The van der Waals surface area contributed by atoms with Crippen LogP contribution in [0.25, 0.3) is 0 Å². The number of aliphatic carboxylic acids is 1. The summed E-state index contributed by atoms with van der Waals surface area (Å²) in [6.45, 7) is 1.94. The van der Waals surface area contributed by atoms with Crippen LogP contribution in [0.15, 0.2) is 24.3 Å². The second-order valence-electron chi connectivity index (χ2n) is 6.35. The number of carbonyl (C=O) groups is 3. The van der Waals surface area contributed by atoms with Crippen molar-refractivity contribution in [2.45, 2.75) is 32.2 Å². The van der Waals surface area contributed by atoms with E-state index < -0.39 is 12.0 Å². The van der Waals surface area contributed by atoms with Gasteiger partial charge in [0.1, 0.15) is 6.04 Å². The molecule has 6 nitrogen and oxygen atoms in total. The van der Waals surface area contributed by atoms with Gasteiger partial charge in [-0.05, 0) is 48.9 Å². The van der Waals surface area contributed by atoms with Crippen molar-refractivity contribution in [3.05, 3.63) is 29.8 Å². The van der Waals surface area contributed by atoms with Crippen LogP contribution < -0.4 is 5.32 Å². The predicted molar refractivity (Wildman–Crippen MR) is 84.0 cm³/mol. The van der Waals surface area contributed by atoms with Gasteiger partial charge < -0.3 is 15.3 Å². The maximum atomic E-state index is 12.7. The maximum Gasteiger partial charge on any atom is 0.326 e. The fourth-order valence-electron chi connectivity index (χ4n) is 3.90. The largest absolute Gasteiger partial charge is 0.480 e. The zero-order chi connectivity index (χ0) is 16.6. The quantitative estimate of drug-likeness (QED) is 0.892. The summed E-state index contributed by atoms with van der Waals surface area (Å²) in [5.74, 6) is -0.958. The summed E-state index contributed by atoms with van der Waals surface area (Å²) in [4.78, 5) is 36.8. The number of likely N-dealkylation sites (tertiary alicyclic amines) is 1. The zero-order valence-electron chi connectivity index (χ0n) is 13.0. The van der Waals surface area contributed by atoms with Crippen molar-refractivity contribution in [3.8, 4) is 0 Å². The summed E-state index contributed by atoms with van der Waals surface area (Å²) in [5, 5.41) is 12.2. The van der Waals surface area contributed by atoms with Gasteiger partial charge in [-0.25, -0.2) is 4.79 Å². The van der Waals surface area contributed by atoms with Gasteiger partial charge in [0.2, 0.25) is 5.91 Å². The van der Waals surface area contributed by atoms with E-state index in [1.165, 1.54) is 11.8 Å². The number of hydrogen-bond acceptors (Lipinski definition) is 3. The summed E-state index contributed by atoms with van der Waals surface area (Å²) in [6, 6.07) is 5.84. The van der Waals surface area contributed by atoms with Gasteiger partial charge in [-0.3, -0.25) is 9.59 Å². The first-order valence-corrected chi connectivity index (χ1v) is 7.89. The Labute approximate surface area is 134 Å². The molecule has 6 heteroatoms. The van der Waals surface area contributed by atoms with Crippen LogP contribution in [0.4, 0.5) is 5.69 Å². The van der Waals surface area contributed by atoms with Gasteiger partial charge in [-0.2, -0.15) is 0 Å². The van der Waals surface area contributed by atoms with Crippen molar-refractivity contribution in [2.24, 2.45) is 11.8 Å². The molecule has 2 aliphatic rings. The number of nitrogens with zero attached hydrogens (tertiary/aromatic N) is 1. The van der Waals surface area contributed by atoms with Crippen LogP contribution >= 0.6 is 0 Å². The van der Waals surface area contributed by atoms with Crippen LogP contribution in [0.3, 0.4) is 0 Å². The van der Waals surface area contributed by atoms with Gasteiger partial charge >= 0.3 is 5.97 Å². The minimum absolute atomic E-state index is 0.0788. The Hall–Kier alpha value is -2.37. The molecule has 3 rings (SSSR count). The van der Waals surface area contributed by atoms with Crippen LogP contribution in [0.2, 0.25) is 0 Å². The summed E-state index contributed by atoms with van der Waals surface area (Å²) in [7, 11) is 0. The fraction of sp³-hybridized carbons (Fsp3) is 0.471. The van der Waals surface area contributed by atoms with E-state index in [0.717, 1.165) is 19.3 Å². The van der Waals surface area contributed by atoms with E-state index in [-0.39, 0.29) is 17.7 Å². The van der Waals surface area contributed by atoms with Crippen LogP contribution in [-0.4, -0.2) is 40.4 Å². The number of carbonyl (C=O) groups excluding carboxylic acids is 2. The minimum atomic E-state index is -0.914. The molecule has 3 atom stereocenters. The molecular weight excluding hydrogens is 296 g/mol. The first-order chi connectivity index (χ1) is 11.0. The van der Waals surface area contributed by atoms with Crippen molar-refractivity contribution in [3.63, 3.8) is 0 Å². The van der Waals surface area contributed by atoms with E-state index in [9.17, 15) is 19.5 Å². The molecule has 2 fully saturated rings. The number of anilines is 1. The number of hydrogen-bond donors (Lipinski definition) is 2. The molecule has 1 saturated carbocycles. The third-order valence-electron chi connectivity index (χ3n) is 4.86. The topological polar surface area (TPSA) is 86.7 Å². The number of carboxylic acid groups (broad SMARTS) is 1. The lowest BCUT2D eigenvalue weighted by Crippen LogP contribution is -2.43. The summed E-state index contributed by atoms with van der Waals surface area (Å²) in [6.07, 6.45) is 2.93. The van der Waals surface area contributed by atoms with Gasteiger partial charge in [-0.15, -0.1) is 0 Å². The molecule has 3 unspecified atom stereocenters. The Balaban J connectivity index is 1.79. The van der Waals surface area contributed by atoms with E-state index in [1.807, 2.05) is 0 Å². The molecule has 1 aromatic carbocycles. The number of nitrogens with one attached hydrogen (secondary N) is 1. The van der Waals surface area contributed by atoms with Crippen LogP contribution in [-0.2, 0) is 9.59 Å². The van der Waals surface area contributed by atoms with Crippen molar-refractivity contribution in [1.29, 1.82) is 0 Å². The standard InChI is InChI=1S/C17H20N2O4/c1-10(20)18-13-7-5-11(6-8-13)16(21)19-9-12-3-2-4-14(12)15(19)17(22)23/h5-8,12,14-15H,2-4,9H2,1H3,(H,18,20)(H,22,23). The molecular formula is C17H20N2O4. The smallest absolute Gasteiger partial charge is 0.326 e. The molecule has 2 N–H and O–H groups in total. The molecule has 122 valence electrons. The Bertz CT molecular complexity index is 640. The van der Waals surface area contributed by atoms with Crippen LogP contribution in [0, 0.1) is 11.8 Å². The van der Waals surface area contributed by atoms with Crippen molar-refractivity contribution in [1.82, 2.24) is 4.90 Å². The van der Waals surface area contributed by atoms with Gasteiger partial charge in [0.15, 0.2) is 0 Å². The Kier molecular flexibility index (Phi) is 4.07. The van der Waals surface area contributed by atoms with Gasteiger partial charge in [0.05, 0.1) is 0 Å². The molecule has 1 aliphatic heterocycles. The van der Waals surface area contributed by atoms with E-state index >= 15 is 0 Å². The molecule has 1 saturated heterocycles. The highest BCUT2D eigenvalue weighted by atomic mass is 16.4. The second kappa shape index (κ2) is 6.02. The Morgan fingerprint density at radius 1 is 1.17 bits per heavy atom. The minimum Gasteiger partial charge on any atom is -0.480 e.